The van der Waals surface area contributed by atoms with Gasteiger partial charge in [0.25, 0.3) is 6.43 Å². The minimum absolute atomic E-state index is 0.0382. The van der Waals surface area contributed by atoms with Crippen LogP contribution in [0, 0.1) is 0 Å². The highest BCUT2D eigenvalue weighted by Gasteiger charge is 2.11. The minimum atomic E-state index is -2.54. The second kappa shape index (κ2) is 6.18. The molecule has 1 aromatic carbocycles. The lowest BCUT2D eigenvalue weighted by Crippen LogP contribution is -2.08. The van der Waals surface area contributed by atoms with Crippen molar-refractivity contribution in [3.8, 4) is 11.5 Å². The number of ketones is 1. The molecular formula is C12H14F2O3. The van der Waals surface area contributed by atoms with E-state index in [0.29, 0.717) is 12.0 Å². The maximum Gasteiger partial charge on any atom is 0.272 e. The third kappa shape index (κ3) is 3.69. The van der Waals surface area contributed by atoms with Gasteiger partial charge in [0.05, 0.1) is 7.11 Å². The van der Waals surface area contributed by atoms with E-state index in [4.69, 9.17) is 9.47 Å². The molecule has 0 unspecified atom stereocenters. The number of alkyl halides is 2. The number of Topliss-reactive ketones (excluding diaryl/α,β-unsaturated/α-hetero) is 1. The fourth-order valence-electron chi connectivity index (χ4n) is 1.32. The first-order valence-electron chi connectivity index (χ1n) is 5.20. The van der Waals surface area contributed by atoms with Gasteiger partial charge in [0.2, 0.25) is 0 Å². The lowest BCUT2D eigenvalue weighted by molar-refractivity contribution is 0.0803. The zero-order chi connectivity index (χ0) is 12.8. The number of halogens is 2. The van der Waals surface area contributed by atoms with E-state index < -0.39 is 13.0 Å². The normalized spacial score (nSPS) is 10.4. The molecule has 1 aromatic rings. The van der Waals surface area contributed by atoms with E-state index in [-0.39, 0.29) is 17.3 Å². The molecule has 0 saturated carbocycles. The summed E-state index contributed by atoms with van der Waals surface area (Å²) in [6, 6.07) is 4.49. The standard InChI is InChI=1S/C12H14F2O3/c1-3-9(15)8-4-5-10(11(6-8)16-2)17-7-12(13)14/h4-6,12H,3,7H2,1-2H3. The first-order valence-corrected chi connectivity index (χ1v) is 5.20. The van der Waals surface area contributed by atoms with Gasteiger partial charge in [-0.3, -0.25) is 4.79 Å². The van der Waals surface area contributed by atoms with Crippen molar-refractivity contribution in [1.29, 1.82) is 0 Å². The number of methoxy groups -OCH3 is 1. The van der Waals surface area contributed by atoms with Crippen molar-refractivity contribution in [2.75, 3.05) is 13.7 Å². The quantitative estimate of drug-likeness (QED) is 0.722. The Labute approximate surface area is 98.3 Å². The summed E-state index contributed by atoms with van der Waals surface area (Å²) in [5.41, 5.74) is 0.480. The molecule has 0 aliphatic heterocycles. The van der Waals surface area contributed by atoms with Crippen LogP contribution in [0.15, 0.2) is 18.2 Å². The molecule has 0 saturated heterocycles. The van der Waals surface area contributed by atoms with Gasteiger partial charge in [0.15, 0.2) is 17.3 Å². The lowest BCUT2D eigenvalue weighted by atomic mass is 10.1. The van der Waals surface area contributed by atoms with Gasteiger partial charge in [-0.05, 0) is 18.2 Å². The fourth-order valence-corrected chi connectivity index (χ4v) is 1.32. The molecule has 17 heavy (non-hydrogen) atoms. The van der Waals surface area contributed by atoms with E-state index in [1.165, 1.54) is 25.3 Å². The van der Waals surface area contributed by atoms with Crippen molar-refractivity contribution in [1.82, 2.24) is 0 Å². The van der Waals surface area contributed by atoms with E-state index in [1.807, 2.05) is 0 Å². The molecule has 0 radical (unpaired) electrons. The van der Waals surface area contributed by atoms with Gasteiger partial charge in [-0.1, -0.05) is 6.92 Å². The van der Waals surface area contributed by atoms with Crippen LogP contribution in [0.2, 0.25) is 0 Å². The Morgan fingerprint density at radius 3 is 2.59 bits per heavy atom. The van der Waals surface area contributed by atoms with Crippen LogP contribution in [0.25, 0.3) is 0 Å². The summed E-state index contributed by atoms with van der Waals surface area (Å²) >= 11 is 0. The van der Waals surface area contributed by atoms with Crippen LogP contribution in [0.5, 0.6) is 11.5 Å². The zero-order valence-electron chi connectivity index (χ0n) is 9.70. The molecule has 94 valence electrons. The predicted octanol–water partition coefficient (Wildman–Crippen LogP) is 2.93. The Bertz CT molecular complexity index is 391. The molecule has 3 nitrogen and oxygen atoms in total. The molecular weight excluding hydrogens is 230 g/mol. The smallest absolute Gasteiger partial charge is 0.272 e. The Kier molecular flexibility index (Phi) is 4.87. The molecule has 0 N–H and O–H groups in total. The number of benzene rings is 1. The maximum absolute atomic E-state index is 12.0. The molecule has 0 fully saturated rings. The molecule has 0 spiro atoms. The average molecular weight is 244 g/mol. The van der Waals surface area contributed by atoms with Crippen LogP contribution in [0.4, 0.5) is 8.78 Å². The summed E-state index contributed by atoms with van der Waals surface area (Å²) < 4.78 is 33.9. The topological polar surface area (TPSA) is 35.5 Å². The molecule has 0 heterocycles. The SMILES string of the molecule is CCC(=O)c1ccc(OCC(F)F)c(OC)c1. The van der Waals surface area contributed by atoms with Crippen LogP contribution in [0.1, 0.15) is 23.7 Å². The van der Waals surface area contributed by atoms with E-state index in [9.17, 15) is 13.6 Å². The summed E-state index contributed by atoms with van der Waals surface area (Å²) in [7, 11) is 1.39. The molecule has 0 aromatic heterocycles. The number of ether oxygens (including phenoxy) is 2. The first kappa shape index (κ1) is 13.4. The summed E-state index contributed by atoms with van der Waals surface area (Å²) in [5, 5.41) is 0. The Balaban J connectivity index is 2.89. The number of rotatable bonds is 6. The van der Waals surface area contributed by atoms with Crippen LogP contribution in [-0.2, 0) is 0 Å². The second-order valence-corrected chi connectivity index (χ2v) is 3.34. The number of carbonyl (C=O) groups is 1. The monoisotopic (exact) mass is 244 g/mol. The maximum atomic E-state index is 12.0. The van der Waals surface area contributed by atoms with Crippen LogP contribution in [-0.4, -0.2) is 25.9 Å². The van der Waals surface area contributed by atoms with Gasteiger partial charge < -0.3 is 9.47 Å². The molecule has 0 aliphatic carbocycles. The summed E-state index contributed by atoms with van der Waals surface area (Å²) in [6.07, 6.45) is -2.17. The van der Waals surface area contributed by atoms with Crippen molar-refractivity contribution in [2.24, 2.45) is 0 Å². The summed E-state index contributed by atoms with van der Waals surface area (Å²) in [6.45, 7) is 1.05. The molecule has 0 atom stereocenters. The molecule has 0 aliphatic rings. The van der Waals surface area contributed by atoms with Crippen molar-refractivity contribution >= 4 is 5.78 Å². The van der Waals surface area contributed by atoms with Gasteiger partial charge in [0, 0.05) is 12.0 Å². The third-order valence-electron chi connectivity index (χ3n) is 2.17. The van der Waals surface area contributed by atoms with Crippen molar-refractivity contribution in [3.05, 3.63) is 23.8 Å². The van der Waals surface area contributed by atoms with Crippen LogP contribution < -0.4 is 9.47 Å². The van der Waals surface area contributed by atoms with Gasteiger partial charge in [-0.15, -0.1) is 0 Å². The van der Waals surface area contributed by atoms with E-state index in [0.717, 1.165) is 0 Å². The Morgan fingerprint density at radius 2 is 2.06 bits per heavy atom. The number of carbonyl (C=O) groups excluding carboxylic acids is 1. The van der Waals surface area contributed by atoms with Gasteiger partial charge in [0.1, 0.15) is 6.61 Å². The van der Waals surface area contributed by atoms with Gasteiger partial charge >= 0.3 is 0 Å². The highest BCUT2D eigenvalue weighted by Crippen LogP contribution is 2.28. The fraction of sp³-hybridized carbons (Fsp3) is 0.417. The van der Waals surface area contributed by atoms with Crippen LogP contribution in [0.3, 0.4) is 0 Å². The number of hydrogen-bond acceptors (Lipinski definition) is 3. The lowest BCUT2D eigenvalue weighted by Gasteiger charge is -2.11. The summed E-state index contributed by atoms with van der Waals surface area (Å²) in [4.78, 5) is 11.4. The number of hydrogen-bond donors (Lipinski definition) is 0. The summed E-state index contributed by atoms with van der Waals surface area (Å²) in [5.74, 6) is 0.453. The zero-order valence-corrected chi connectivity index (χ0v) is 9.70. The molecule has 0 bridgehead atoms. The van der Waals surface area contributed by atoms with Crippen molar-refractivity contribution < 1.29 is 23.0 Å². The van der Waals surface area contributed by atoms with Crippen molar-refractivity contribution in [3.63, 3.8) is 0 Å². The molecule has 5 heteroatoms. The Morgan fingerprint density at radius 1 is 1.35 bits per heavy atom. The predicted molar refractivity (Wildman–Crippen MR) is 59.1 cm³/mol. The highest BCUT2D eigenvalue weighted by atomic mass is 19.3. The van der Waals surface area contributed by atoms with Crippen molar-refractivity contribution in [2.45, 2.75) is 19.8 Å². The second-order valence-electron chi connectivity index (χ2n) is 3.34. The van der Waals surface area contributed by atoms with Gasteiger partial charge in [-0.25, -0.2) is 8.78 Å². The largest absolute Gasteiger partial charge is 0.493 e. The average Bonchev–Trinajstić information content (AvgIpc) is 2.34. The van der Waals surface area contributed by atoms with E-state index in [2.05, 4.69) is 0 Å². The van der Waals surface area contributed by atoms with Crippen LogP contribution >= 0.6 is 0 Å². The molecule has 1 rings (SSSR count). The van der Waals surface area contributed by atoms with Gasteiger partial charge in [-0.2, -0.15) is 0 Å². The van der Waals surface area contributed by atoms with E-state index >= 15 is 0 Å². The van der Waals surface area contributed by atoms with E-state index in [1.54, 1.807) is 6.92 Å². The first-order chi connectivity index (χ1) is 8.08. The Hall–Kier alpha value is -1.65. The highest BCUT2D eigenvalue weighted by molar-refractivity contribution is 5.96. The molecule has 0 amide bonds. The minimum Gasteiger partial charge on any atom is -0.493 e. The third-order valence-corrected chi connectivity index (χ3v) is 2.17.